The van der Waals surface area contributed by atoms with E-state index in [1.54, 1.807) is 11.0 Å². The van der Waals surface area contributed by atoms with Crippen LogP contribution < -0.4 is 15.0 Å². The lowest BCUT2D eigenvalue weighted by atomic mass is 9.92. The van der Waals surface area contributed by atoms with Gasteiger partial charge in [-0.3, -0.25) is 0 Å². The topological polar surface area (TPSA) is 81.0 Å². The third-order valence-corrected chi connectivity index (χ3v) is 6.66. The second-order valence-corrected chi connectivity index (χ2v) is 9.56. The van der Waals surface area contributed by atoms with Crippen LogP contribution in [0.2, 0.25) is 5.02 Å². The lowest BCUT2D eigenvalue weighted by Crippen LogP contribution is -2.48. The van der Waals surface area contributed by atoms with Crippen LogP contribution in [0.3, 0.4) is 0 Å². The van der Waals surface area contributed by atoms with Gasteiger partial charge in [-0.15, -0.1) is 5.10 Å². The van der Waals surface area contributed by atoms with Gasteiger partial charge in [0.15, 0.2) is 11.6 Å². The molecular weight excluding hydrogens is 445 g/mol. The maximum absolute atomic E-state index is 14.2. The molecule has 3 atom stereocenters. The molecule has 2 aliphatic rings. The molecule has 1 saturated heterocycles. The molecule has 1 N–H and O–H groups in total. The number of rotatable bonds is 6. The molecule has 33 heavy (non-hydrogen) atoms. The summed E-state index contributed by atoms with van der Waals surface area (Å²) in [5, 5.41) is 8.56. The fourth-order valence-corrected chi connectivity index (χ4v) is 5.00. The van der Waals surface area contributed by atoms with Crippen LogP contribution in [0.15, 0.2) is 30.6 Å². The van der Waals surface area contributed by atoms with Gasteiger partial charge in [0.1, 0.15) is 12.1 Å². The molecule has 0 amide bonds. The van der Waals surface area contributed by atoms with E-state index in [2.05, 4.69) is 30.3 Å². The second kappa shape index (κ2) is 8.78. The first-order valence-electron chi connectivity index (χ1n) is 11.3. The summed E-state index contributed by atoms with van der Waals surface area (Å²) in [6.07, 6.45) is 3.92. The van der Waals surface area contributed by atoms with Crippen LogP contribution in [-0.2, 0) is 0 Å². The average Bonchev–Trinajstić information content (AvgIpc) is 3.27. The maximum Gasteiger partial charge on any atom is 0.322 e. The van der Waals surface area contributed by atoms with Gasteiger partial charge in [-0.1, -0.05) is 11.6 Å². The number of halogens is 2. The van der Waals surface area contributed by atoms with Gasteiger partial charge in [0.25, 0.3) is 0 Å². The number of aromatic nitrogens is 5. The minimum Gasteiger partial charge on any atom is -0.421 e. The maximum atomic E-state index is 14.2. The summed E-state index contributed by atoms with van der Waals surface area (Å²) in [6.45, 7) is 7.79. The SMILES string of the molecule is Cc1cc(N2C[C@H]3CC[C@@H](C2)[C@@H]3Nc2nc(Oc3cc(Cl)ccc3F)n(C(C)C)n2)ncn1. The highest BCUT2D eigenvalue weighted by Crippen LogP contribution is 2.40. The first-order chi connectivity index (χ1) is 15.9. The highest BCUT2D eigenvalue weighted by molar-refractivity contribution is 6.30. The van der Waals surface area contributed by atoms with Crippen LogP contribution in [0.1, 0.15) is 38.4 Å². The Hall–Kier alpha value is -2.94. The predicted octanol–water partition coefficient (Wildman–Crippen LogP) is 4.87. The number of nitrogens with one attached hydrogen (secondary N) is 1. The molecule has 8 nitrogen and oxygen atoms in total. The summed E-state index contributed by atoms with van der Waals surface area (Å²) < 4.78 is 21.6. The number of hydrogen-bond acceptors (Lipinski definition) is 7. The lowest BCUT2D eigenvalue weighted by molar-refractivity contribution is 0.360. The van der Waals surface area contributed by atoms with E-state index in [1.165, 1.54) is 18.2 Å². The Labute approximate surface area is 197 Å². The summed E-state index contributed by atoms with van der Waals surface area (Å²) in [6, 6.07) is 6.72. The third-order valence-electron chi connectivity index (χ3n) is 6.43. The number of ether oxygens (including phenoxy) is 1. The van der Waals surface area contributed by atoms with Crippen molar-refractivity contribution in [2.75, 3.05) is 23.3 Å². The number of anilines is 2. The Balaban J connectivity index is 1.34. The molecule has 1 saturated carbocycles. The summed E-state index contributed by atoms with van der Waals surface area (Å²) in [4.78, 5) is 15.6. The van der Waals surface area contributed by atoms with Crippen LogP contribution in [0, 0.1) is 24.6 Å². The van der Waals surface area contributed by atoms with Crippen molar-refractivity contribution in [1.29, 1.82) is 0 Å². The van der Waals surface area contributed by atoms with Gasteiger partial charge in [0.05, 0.1) is 6.04 Å². The van der Waals surface area contributed by atoms with Gasteiger partial charge in [0, 0.05) is 42.0 Å². The molecule has 0 spiro atoms. The molecule has 1 aliphatic carbocycles. The average molecular weight is 472 g/mol. The Bertz CT molecular complexity index is 1140. The zero-order valence-electron chi connectivity index (χ0n) is 18.9. The highest BCUT2D eigenvalue weighted by atomic mass is 35.5. The predicted molar refractivity (Wildman–Crippen MR) is 124 cm³/mol. The molecule has 174 valence electrons. The molecule has 2 fully saturated rings. The van der Waals surface area contributed by atoms with Crippen molar-refractivity contribution < 1.29 is 9.13 Å². The first kappa shape index (κ1) is 21.9. The molecule has 0 radical (unpaired) electrons. The largest absolute Gasteiger partial charge is 0.421 e. The fraction of sp³-hybridized carbons (Fsp3) is 0.478. The monoisotopic (exact) mass is 471 g/mol. The third kappa shape index (κ3) is 4.46. The molecule has 0 unspecified atom stereocenters. The lowest BCUT2D eigenvalue weighted by Gasteiger charge is -2.38. The van der Waals surface area contributed by atoms with E-state index >= 15 is 0 Å². The molecular formula is C23H27ClFN7O. The molecule has 1 aliphatic heterocycles. The van der Waals surface area contributed by atoms with Gasteiger partial charge >= 0.3 is 6.01 Å². The van der Waals surface area contributed by atoms with E-state index in [0.717, 1.165) is 37.4 Å². The summed E-state index contributed by atoms with van der Waals surface area (Å²) >= 11 is 6.01. The first-order valence-corrected chi connectivity index (χ1v) is 11.6. The van der Waals surface area contributed by atoms with Crippen molar-refractivity contribution in [3.63, 3.8) is 0 Å². The van der Waals surface area contributed by atoms with Crippen LogP contribution in [0.4, 0.5) is 16.2 Å². The van der Waals surface area contributed by atoms with Crippen molar-refractivity contribution in [1.82, 2.24) is 24.7 Å². The van der Waals surface area contributed by atoms with Gasteiger partial charge in [0.2, 0.25) is 5.95 Å². The number of fused-ring (bicyclic) bond motifs is 2. The minimum absolute atomic E-state index is 0.00938. The van der Waals surface area contributed by atoms with Crippen LogP contribution >= 0.6 is 11.6 Å². The Morgan fingerprint density at radius 3 is 2.61 bits per heavy atom. The summed E-state index contributed by atoms with van der Waals surface area (Å²) in [5.41, 5.74) is 0.972. The standard InChI is InChI=1S/C23H27ClFN7O/c1-13(2)32-23(33-19-9-17(24)6-7-18(19)25)29-22(30-32)28-21-15-4-5-16(21)11-31(10-15)20-8-14(3)26-12-27-20/h6-9,12-13,15-16,21H,4-5,10-11H2,1-3H3,(H,28,30)/t15-,16+,21-. The van der Waals surface area contributed by atoms with Crippen molar-refractivity contribution >= 4 is 23.4 Å². The fourth-order valence-electron chi connectivity index (χ4n) is 4.84. The Morgan fingerprint density at radius 2 is 1.91 bits per heavy atom. The van der Waals surface area contributed by atoms with Crippen LogP contribution in [0.5, 0.6) is 11.8 Å². The van der Waals surface area contributed by atoms with E-state index in [0.29, 0.717) is 22.8 Å². The number of piperidine rings is 1. The molecule has 10 heteroatoms. The van der Waals surface area contributed by atoms with E-state index < -0.39 is 5.82 Å². The molecule has 5 rings (SSSR count). The minimum atomic E-state index is -0.502. The number of nitrogens with zero attached hydrogens (tertiary/aromatic N) is 6. The zero-order chi connectivity index (χ0) is 23.1. The number of hydrogen-bond donors (Lipinski definition) is 1. The van der Waals surface area contributed by atoms with E-state index in [9.17, 15) is 4.39 Å². The van der Waals surface area contributed by atoms with Gasteiger partial charge < -0.3 is 15.0 Å². The van der Waals surface area contributed by atoms with E-state index in [-0.39, 0.29) is 23.8 Å². The second-order valence-electron chi connectivity index (χ2n) is 9.12. The molecule has 3 aromatic rings. The number of aryl methyl sites for hydroxylation is 1. The highest BCUT2D eigenvalue weighted by Gasteiger charge is 2.43. The quantitative estimate of drug-likeness (QED) is 0.549. The molecule has 3 heterocycles. The van der Waals surface area contributed by atoms with Gasteiger partial charge in [-0.05, 0) is 57.6 Å². The van der Waals surface area contributed by atoms with Crippen molar-refractivity contribution in [3.05, 3.63) is 47.1 Å². The van der Waals surface area contributed by atoms with Gasteiger partial charge in [-0.2, -0.15) is 4.98 Å². The smallest absolute Gasteiger partial charge is 0.322 e. The summed E-state index contributed by atoms with van der Waals surface area (Å²) in [5.74, 6) is 1.92. The molecule has 2 bridgehead atoms. The van der Waals surface area contributed by atoms with Crippen LogP contribution in [0.25, 0.3) is 0 Å². The van der Waals surface area contributed by atoms with Crippen molar-refractivity contribution in [2.45, 2.75) is 45.7 Å². The zero-order valence-corrected chi connectivity index (χ0v) is 19.6. The summed E-state index contributed by atoms with van der Waals surface area (Å²) in [7, 11) is 0. The van der Waals surface area contributed by atoms with Crippen LogP contribution in [-0.4, -0.2) is 43.9 Å². The molecule has 2 aromatic heterocycles. The number of benzene rings is 1. The van der Waals surface area contributed by atoms with Gasteiger partial charge in [-0.25, -0.2) is 19.0 Å². The van der Waals surface area contributed by atoms with Crippen molar-refractivity contribution in [2.24, 2.45) is 11.8 Å². The molecule has 1 aromatic carbocycles. The Morgan fingerprint density at radius 1 is 1.15 bits per heavy atom. The van der Waals surface area contributed by atoms with E-state index in [1.807, 2.05) is 26.8 Å². The van der Waals surface area contributed by atoms with E-state index in [4.69, 9.17) is 16.3 Å². The Kier molecular flexibility index (Phi) is 5.82. The normalized spacial score (nSPS) is 22.1. The van der Waals surface area contributed by atoms with Crippen molar-refractivity contribution in [3.8, 4) is 11.8 Å².